The summed E-state index contributed by atoms with van der Waals surface area (Å²) in [6, 6.07) is 7.52. The number of hydrogen-bond donors (Lipinski definition) is 3. The van der Waals surface area contributed by atoms with Crippen LogP contribution in [0, 0.1) is 0 Å². The van der Waals surface area contributed by atoms with Crippen molar-refractivity contribution in [2.24, 2.45) is 5.73 Å². The van der Waals surface area contributed by atoms with Crippen LogP contribution in [0.4, 0.5) is 0 Å². The Morgan fingerprint density at radius 2 is 1.94 bits per heavy atom. The monoisotopic (exact) mass is 222 g/mol. The molecule has 0 fully saturated rings. The van der Waals surface area contributed by atoms with E-state index in [1.807, 2.05) is 0 Å². The molecule has 0 spiro atoms. The highest BCUT2D eigenvalue weighted by Crippen LogP contribution is 2.12. The molecule has 0 aliphatic rings. The third-order valence-corrected chi connectivity index (χ3v) is 2.06. The van der Waals surface area contributed by atoms with E-state index >= 15 is 0 Å². The van der Waals surface area contributed by atoms with Crippen LogP contribution in [-0.4, -0.2) is 23.5 Å². The Balaban J connectivity index is 2.77. The van der Waals surface area contributed by atoms with Crippen molar-refractivity contribution in [3.05, 3.63) is 35.9 Å². The zero-order valence-corrected chi connectivity index (χ0v) is 8.72. The average Bonchev–Trinajstić information content (AvgIpc) is 2.27. The number of hydrogen-bond acceptors (Lipinski definition) is 3. The minimum absolute atomic E-state index is 0.122. The zero-order chi connectivity index (χ0) is 12.0. The van der Waals surface area contributed by atoms with Gasteiger partial charge in [-0.05, 0) is 5.56 Å². The number of carbonyl (C=O) groups excluding carboxylic acids is 1. The van der Waals surface area contributed by atoms with Crippen LogP contribution in [0.5, 0.6) is 0 Å². The van der Waals surface area contributed by atoms with Crippen molar-refractivity contribution in [2.45, 2.75) is 12.5 Å². The fourth-order valence-electron chi connectivity index (χ4n) is 1.30. The van der Waals surface area contributed by atoms with Gasteiger partial charge in [0.15, 0.2) is 6.04 Å². The lowest BCUT2D eigenvalue weighted by atomic mass is 10.1. The van der Waals surface area contributed by atoms with Crippen molar-refractivity contribution in [3.63, 3.8) is 0 Å². The molecule has 0 aromatic heterocycles. The van der Waals surface area contributed by atoms with Crippen LogP contribution < -0.4 is 11.1 Å². The second-order valence-electron chi connectivity index (χ2n) is 3.29. The second-order valence-corrected chi connectivity index (χ2v) is 3.29. The van der Waals surface area contributed by atoms with E-state index in [4.69, 9.17) is 10.8 Å². The number of nitrogens with one attached hydrogen (secondary N) is 1. The molecule has 16 heavy (non-hydrogen) atoms. The van der Waals surface area contributed by atoms with Gasteiger partial charge in [0, 0.05) is 13.0 Å². The molecule has 0 unspecified atom stereocenters. The van der Waals surface area contributed by atoms with E-state index in [0.29, 0.717) is 5.56 Å². The molecule has 1 rings (SSSR count). The van der Waals surface area contributed by atoms with Gasteiger partial charge in [0.1, 0.15) is 0 Å². The highest BCUT2D eigenvalue weighted by Gasteiger charge is 2.20. The van der Waals surface area contributed by atoms with Crippen LogP contribution >= 0.6 is 0 Å². The summed E-state index contributed by atoms with van der Waals surface area (Å²) in [6.07, 6.45) is 0.122. The van der Waals surface area contributed by atoms with Gasteiger partial charge in [-0.3, -0.25) is 4.79 Å². The first-order valence-electron chi connectivity index (χ1n) is 4.92. The molecular weight excluding hydrogens is 208 g/mol. The van der Waals surface area contributed by atoms with Crippen molar-refractivity contribution in [1.29, 1.82) is 0 Å². The lowest BCUT2D eigenvalue weighted by Gasteiger charge is -2.14. The molecule has 1 atom stereocenters. The molecule has 0 bridgehead atoms. The van der Waals surface area contributed by atoms with Crippen molar-refractivity contribution < 1.29 is 14.7 Å². The summed E-state index contributed by atoms with van der Waals surface area (Å²) in [7, 11) is 0. The number of amides is 1. The molecule has 1 aromatic rings. The lowest BCUT2D eigenvalue weighted by molar-refractivity contribution is -0.142. The minimum Gasteiger partial charge on any atom is -0.479 e. The van der Waals surface area contributed by atoms with Crippen LogP contribution in [-0.2, 0) is 9.59 Å². The third-order valence-electron chi connectivity index (χ3n) is 2.06. The van der Waals surface area contributed by atoms with Crippen molar-refractivity contribution in [2.75, 3.05) is 6.54 Å². The van der Waals surface area contributed by atoms with Crippen LogP contribution in [0.3, 0.4) is 0 Å². The van der Waals surface area contributed by atoms with E-state index in [1.165, 1.54) is 0 Å². The fraction of sp³-hybridized carbons (Fsp3) is 0.273. The minimum atomic E-state index is -1.09. The van der Waals surface area contributed by atoms with Crippen molar-refractivity contribution in [1.82, 2.24) is 5.32 Å². The summed E-state index contributed by atoms with van der Waals surface area (Å²) >= 11 is 0. The lowest BCUT2D eigenvalue weighted by Crippen LogP contribution is -2.34. The highest BCUT2D eigenvalue weighted by molar-refractivity contribution is 5.84. The number of nitrogens with two attached hydrogens (primary N) is 1. The number of carboxylic acid groups (broad SMARTS) is 1. The van der Waals surface area contributed by atoms with E-state index < -0.39 is 12.0 Å². The van der Waals surface area contributed by atoms with Crippen LogP contribution in [0.1, 0.15) is 18.0 Å². The number of carboxylic acids is 1. The van der Waals surface area contributed by atoms with E-state index in [-0.39, 0.29) is 18.9 Å². The quantitative estimate of drug-likeness (QED) is 0.667. The maximum absolute atomic E-state index is 11.3. The van der Waals surface area contributed by atoms with Gasteiger partial charge in [0.2, 0.25) is 5.91 Å². The Kier molecular flexibility index (Phi) is 4.47. The molecule has 0 aliphatic heterocycles. The summed E-state index contributed by atoms with van der Waals surface area (Å²) in [4.78, 5) is 22.3. The summed E-state index contributed by atoms with van der Waals surface area (Å²) in [5.74, 6) is -1.45. The maximum atomic E-state index is 11.3. The maximum Gasteiger partial charge on any atom is 0.330 e. The predicted octanol–water partition coefficient (Wildman–Crippen LogP) is 0.277. The SMILES string of the molecule is NCCC(=O)N[C@@H](C(=O)O)c1ccccc1. The second kappa shape index (κ2) is 5.87. The van der Waals surface area contributed by atoms with Gasteiger partial charge in [0.25, 0.3) is 0 Å². The molecule has 5 nitrogen and oxygen atoms in total. The first kappa shape index (κ1) is 12.2. The highest BCUT2D eigenvalue weighted by atomic mass is 16.4. The Morgan fingerprint density at radius 1 is 1.31 bits per heavy atom. The first-order valence-corrected chi connectivity index (χ1v) is 4.92. The van der Waals surface area contributed by atoms with Gasteiger partial charge in [-0.25, -0.2) is 4.79 Å². The van der Waals surface area contributed by atoms with E-state index in [1.54, 1.807) is 30.3 Å². The van der Waals surface area contributed by atoms with Crippen LogP contribution in [0.25, 0.3) is 0 Å². The zero-order valence-electron chi connectivity index (χ0n) is 8.72. The van der Waals surface area contributed by atoms with E-state index in [2.05, 4.69) is 5.32 Å². The van der Waals surface area contributed by atoms with Gasteiger partial charge in [-0.15, -0.1) is 0 Å². The molecule has 0 radical (unpaired) electrons. The Bertz CT molecular complexity index is 365. The Labute approximate surface area is 93.3 Å². The molecule has 0 saturated carbocycles. The topological polar surface area (TPSA) is 92.4 Å². The third kappa shape index (κ3) is 3.36. The number of aliphatic carboxylic acids is 1. The Hall–Kier alpha value is -1.88. The average molecular weight is 222 g/mol. The van der Waals surface area contributed by atoms with Gasteiger partial charge in [-0.2, -0.15) is 0 Å². The summed E-state index contributed by atoms with van der Waals surface area (Å²) in [5, 5.41) is 11.4. The van der Waals surface area contributed by atoms with Crippen LogP contribution in [0.15, 0.2) is 30.3 Å². The predicted molar refractivity (Wildman–Crippen MR) is 58.6 cm³/mol. The molecule has 5 heteroatoms. The number of rotatable bonds is 5. The summed E-state index contributed by atoms with van der Waals surface area (Å²) < 4.78 is 0. The van der Waals surface area contributed by atoms with E-state index in [0.717, 1.165) is 0 Å². The fourth-order valence-corrected chi connectivity index (χ4v) is 1.30. The Morgan fingerprint density at radius 3 is 2.44 bits per heavy atom. The smallest absolute Gasteiger partial charge is 0.330 e. The summed E-state index contributed by atoms with van der Waals surface area (Å²) in [6.45, 7) is 0.201. The molecular formula is C11H14N2O3. The van der Waals surface area contributed by atoms with Crippen molar-refractivity contribution in [3.8, 4) is 0 Å². The van der Waals surface area contributed by atoms with Crippen LogP contribution in [0.2, 0.25) is 0 Å². The number of carbonyl (C=O) groups is 2. The molecule has 4 N–H and O–H groups in total. The molecule has 0 heterocycles. The van der Waals surface area contributed by atoms with Crippen molar-refractivity contribution >= 4 is 11.9 Å². The van der Waals surface area contributed by atoms with E-state index in [9.17, 15) is 9.59 Å². The largest absolute Gasteiger partial charge is 0.479 e. The molecule has 1 amide bonds. The molecule has 86 valence electrons. The van der Waals surface area contributed by atoms with Gasteiger partial charge in [-0.1, -0.05) is 30.3 Å². The molecule has 0 saturated heterocycles. The van der Waals surface area contributed by atoms with Gasteiger partial charge >= 0.3 is 5.97 Å². The summed E-state index contributed by atoms with van der Waals surface area (Å²) in [5.41, 5.74) is 5.75. The molecule has 1 aromatic carbocycles. The normalized spacial score (nSPS) is 11.8. The molecule has 0 aliphatic carbocycles. The van der Waals surface area contributed by atoms with Gasteiger partial charge in [0.05, 0.1) is 0 Å². The standard InChI is InChI=1S/C11H14N2O3/c12-7-6-9(14)13-10(11(15)16)8-4-2-1-3-5-8/h1-5,10H,6-7,12H2,(H,13,14)(H,15,16)/t10-/m1/s1. The van der Waals surface area contributed by atoms with Gasteiger partial charge < -0.3 is 16.2 Å². The first-order chi connectivity index (χ1) is 7.65. The number of benzene rings is 1.